The van der Waals surface area contributed by atoms with Crippen molar-refractivity contribution in [1.82, 2.24) is 19.6 Å². The summed E-state index contributed by atoms with van der Waals surface area (Å²) in [7, 11) is 1.73. The van der Waals surface area contributed by atoms with Gasteiger partial charge in [-0.25, -0.2) is 9.79 Å². The van der Waals surface area contributed by atoms with E-state index in [9.17, 15) is 9.59 Å². The fraction of sp³-hybridized carbons (Fsp3) is 0.375. The molecule has 32 heavy (non-hydrogen) atoms. The van der Waals surface area contributed by atoms with Crippen LogP contribution in [0, 0.1) is 0 Å². The summed E-state index contributed by atoms with van der Waals surface area (Å²) in [6.45, 7) is 3.46. The maximum Gasteiger partial charge on any atom is 0.328 e. The van der Waals surface area contributed by atoms with Crippen molar-refractivity contribution in [2.75, 3.05) is 33.4 Å². The van der Waals surface area contributed by atoms with Gasteiger partial charge in [-0.05, 0) is 11.1 Å². The van der Waals surface area contributed by atoms with Crippen LogP contribution in [0.3, 0.4) is 0 Å². The highest BCUT2D eigenvalue weighted by Gasteiger charge is 2.52. The number of morpholine rings is 1. The number of benzene rings is 2. The molecule has 3 aliphatic rings. The van der Waals surface area contributed by atoms with Gasteiger partial charge in [-0.15, -0.1) is 0 Å². The fourth-order valence-electron chi connectivity index (χ4n) is 4.55. The topological polar surface area (TPSA) is 68.7 Å². The molecule has 2 fully saturated rings. The first kappa shape index (κ1) is 20.5. The van der Waals surface area contributed by atoms with Gasteiger partial charge in [0, 0.05) is 26.7 Å². The number of carbonyl (C=O) groups excluding carboxylic acids is 2. The zero-order chi connectivity index (χ0) is 22.1. The molecule has 8 heteroatoms. The number of hydrogen-bond donors (Lipinski definition) is 0. The Hall–Kier alpha value is -3.39. The predicted octanol–water partition coefficient (Wildman–Crippen LogP) is 1.98. The van der Waals surface area contributed by atoms with Crippen LogP contribution >= 0.6 is 0 Å². The number of aliphatic imine (C=N–C) groups is 1. The normalized spacial score (nSPS) is 23.5. The molecule has 3 aliphatic heterocycles. The minimum Gasteiger partial charge on any atom is -0.378 e. The molecule has 0 unspecified atom stereocenters. The summed E-state index contributed by atoms with van der Waals surface area (Å²) < 4.78 is 5.52. The number of urea groups is 1. The minimum absolute atomic E-state index is 0.204. The van der Waals surface area contributed by atoms with Gasteiger partial charge in [0.25, 0.3) is 5.91 Å². The van der Waals surface area contributed by atoms with Gasteiger partial charge in [0.05, 0.1) is 19.8 Å². The number of hydrogen-bond acceptors (Lipinski definition) is 6. The molecular weight excluding hydrogens is 406 g/mol. The third-order valence-electron chi connectivity index (χ3n) is 6.24. The number of fused-ring (bicyclic) bond motifs is 1. The van der Waals surface area contributed by atoms with Crippen LogP contribution < -0.4 is 0 Å². The Bertz CT molecular complexity index is 1010. The molecule has 0 aliphatic carbocycles. The zero-order valence-corrected chi connectivity index (χ0v) is 18.1. The second kappa shape index (κ2) is 8.63. The number of ether oxygens (including phenoxy) is 1. The van der Waals surface area contributed by atoms with Gasteiger partial charge in [0.1, 0.15) is 0 Å². The van der Waals surface area contributed by atoms with Crippen molar-refractivity contribution >= 4 is 17.9 Å². The lowest BCUT2D eigenvalue weighted by Gasteiger charge is -2.42. The Morgan fingerprint density at radius 1 is 0.906 bits per heavy atom. The van der Waals surface area contributed by atoms with E-state index in [0.29, 0.717) is 32.8 Å². The van der Waals surface area contributed by atoms with E-state index in [-0.39, 0.29) is 18.5 Å². The molecule has 3 amide bonds. The SMILES string of the molecule is CN1C(=O)N(Cc2ccccc2)C(=O)[C@@H]2[C@@H]1N=C(N1CCOCC1)N2Cc1ccccc1. The van der Waals surface area contributed by atoms with Crippen molar-refractivity contribution in [3.63, 3.8) is 0 Å². The molecule has 0 saturated carbocycles. The molecule has 5 rings (SSSR count). The summed E-state index contributed by atoms with van der Waals surface area (Å²) >= 11 is 0. The van der Waals surface area contributed by atoms with Crippen LogP contribution in [0.5, 0.6) is 0 Å². The lowest BCUT2D eigenvalue weighted by atomic mass is 10.1. The third-order valence-corrected chi connectivity index (χ3v) is 6.24. The molecule has 2 aromatic carbocycles. The van der Waals surface area contributed by atoms with Gasteiger partial charge in [-0.1, -0.05) is 60.7 Å². The molecule has 0 N–H and O–H groups in total. The average molecular weight is 434 g/mol. The van der Waals surface area contributed by atoms with Gasteiger partial charge in [-0.3, -0.25) is 9.69 Å². The van der Waals surface area contributed by atoms with Gasteiger partial charge in [-0.2, -0.15) is 0 Å². The molecule has 2 atom stereocenters. The number of imide groups is 1. The number of nitrogens with zero attached hydrogens (tertiary/aromatic N) is 5. The average Bonchev–Trinajstić information content (AvgIpc) is 3.22. The van der Waals surface area contributed by atoms with Crippen LogP contribution in [0.25, 0.3) is 0 Å². The van der Waals surface area contributed by atoms with Crippen LogP contribution in [-0.4, -0.2) is 83.1 Å². The molecule has 0 spiro atoms. The number of rotatable bonds is 4. The molecule has 8 nitrogen and oxygen atoms in total. The number of likely N-dealkylation sites (N-methyl/N-ethyl adjacent to an activating group) is 1. The minimum atomic E-state index is -0.556. The van der Waals surface area contributed by atoms with Crippen molar-refractivity contribution < 1.29 is 14.3 Å². The first-order chi connectivity index (χ1) is 15.6. The first-order valence-electron chi connectivity index (χ1n) is 11.0. The Labute approximate surface area is 187 Å². The molecule has 2 saturated heterocycles. The molecule has 0 radical (unpaired) electrons. The number of carbonyl (C=O) groups is 2. The highest BCUT2D eigenvalue weighted by Crippen LogP contribution is 2.31. The first-order valence-corrected chi connectivity index (χ1v) is 11.0. The zero-order valence-electron chi connectivity index (χ0n) is 18.1. The molecule has 166 valence electrons. The molecule has 3 heterocycles. The van der Waals surface area contributed by atoms with E-state index < -0.39 is 12.2 Å². The summed E-state index contributed by atoms with van der Waals surface area (Å²) in [6.07, 6.45) is -0.538. The van der Waals surface area contributed by atoms with Crippen LogP contribution in [0.4, 0.5) is 4.79 Å². The van der Waals surface area contributed by atoms with Crippen molar-refractivity contribution in [2.24, 2.45) is 4.99 Å². The van der Waals surface area contributed by atoms with Gasteiger partial charge in [0.2, 0.25) is 0 Å². The van der Waals surface area contributed by atoms with Crippen LogP contribution in [0.1, 0.15) is 11.1 Å². The van der Waals surface area contributed by atoms with Gasteiger partial charge in [0.15, 0.2) is 18.2 Å². The standard InChI is InChI=1S/C24H27N5O3/c1-26-21-20(22(30)29(24(26)31)17-19-10-6-3-7-11-19)28(16-18-8-4-2-5-9-18)23(25-21)27-12-14-32-15-13-27/h2-11,20-21H,12-17H2,1H3/t20-,21+/m0/s1. The summed E-state index contributed by atoms with van der Waals surface area (Å²) in [5, 5.41) is 0. The summed E-state index contributed by atoms with van der Waals surface area (Å²) in [5.74, 6) is 0.562. The lowest BCUT2D eigenvalue weighted by Crippen LogP contribution is -2.65. The van der Waals surface area contributed by atoms with Crippen LogP contribution in [-0.2, 0) is 22.6 Å². The largest absolute Gasteiger partial charge is 0.378 e. The molecule has 2 aromatic rings. The Morgan fingerprint density at radius 3 is 2.12 bits per heavy atom. The van der Waals surface area contributed by atoms with E-state index in [4.69, 9.17) is 9.73 Å². The number of guanidine groups is 1. The van der Waals surface area contributed by atoms with E-state index in [0.717, 1.165) is 17.1 Å². The Morgan fingerprint density at radius 2 is 1.50 bits per heavy atom. The fourth-order valence-corrected chi connectivity index (χ4v) is 4.55. The third kappa shape index (κ3) is 3.71. The summed E-state index contributed by atoms with van der Waals surface area (Å²) in [6, 6.07) is 18.8. The van der Waals surface area contributed by atoms with Crippen LogP contribution in [0.15, 0.2) is 65.7 Å². The maximum absolute atomic E-state index is 13.7. The van der Waals surface area contributed by atoms with Gasteiger partial charge >= 0.3 is 6.03 Å². The van der Waals surface area contributed by atoms with Gasteiger partial charge < -0.3 is 19.4 Å². The smallest absolute Gasteiger partial charge is 0.328 e. The summed E-state index contributed by atoms with van der Waals surface area (Å²) in [5.41, 5.74) is 2.01. The van der Waals surface area contributed by atoms with Crippen molar-refractivity contribution in [1.29, 1.82) is 0 Å². The number of amides is 3. The quantitative estimate of drug-likeness (QED) is 0.738. The van der Waals surface area contributed by atoms with E-state index in [1.165, 1.54) is 4.90 Å². The molecule has 0 aromatic heterocycles. The van der Waals surface area contributed by atoms with E-state index >= 15 is 0 Å². The second-order valence-electron chi connectivity index (χ2n) is 8.30. The van der Waals surface area contributed by atoms with E-state index in [2.05, 4.69) is 9.80 Å². The van der Waals surface area contributed by atoms with E-state index in [1.54, 1.807) is 11.9 Å². The maximum atomic E-state index is 13.7. The Kier molecular flexibility index (Phi) is 5.53. The van der Waals surface area contributed by atoms with E-state index in [1.807, 2.05) is 60.7 Å². The van der Waals surface area contributed by atoms with Crippen molar-refractivity contribution in [3.8, 4) is 0 Å². The van der Waals surface area contributed by atoms with Crippen molar-refractivity contribution in [2.45, 2.75) is 25.3 Å². The second-order valence-corrected chi connectivity index (χ2v) is 8.30. The predicted molar refractivity (Wildman–Crippen MR) is 120 cm³/mol. The van der Waals surface area contributed by atoms with Crippen molar-refractivity contribution in [3.05, 3.63) is 71.8 Å². The monoisotopic (exact) mass is 433 g/mol. The van der Waals surface area contributed by atoms with Crippen LogP contribution in [0.2, 0.25) is 0 Å². The molecular formula is C24H27N5O3. The highest BCUT2D eigenvalue weighted by molar-refractivity contribution is 6.03. The molecule has 0 bridgehead atoms. The Balaban J connectivity index is 1.48. The summed E-state index contributed by atoms with van der Waals surface area (Å²) in [4.78, 5) is 38.9. The highest BCUT2D eigenvalue weighted by atomic mass is 16.5. The lowest BCUT2D eigenvalue weighted by molar-refractivity contribution is -0.138.